The predicted octanol–water partition coefficient (Wildman–Crippen LogP) is 3.42. The van der Waals surface area contributed by atoms with Crippen LogP contribution in [-0.4, -0.2) is 69.3 Å². The van der Waals surface area contributed by atoms with Gasteiger partial charge in [-0.3, -0.25) is 4.90 Å². The number of ether oxygens (including phenoxy) is 4. The average Bonchev–Trinajstić information content (AvgIpc) is 2.83. The second-order valence-corrected chi connectivity index (χ2v) is 8.77. The van der Waals surface area contributed by atoms with Crippen molar-refractivity contribution in [1.82, 2.24) is 4.90 Å². The van der Waals surface area contributed by atoms with Crippen molar-refractivity contribution >= 4 is 16.5 Å². The maximum atomic E-state index is 6.99. The van der Waals surface area contributed by atoms with Gasteiger partial charge in [-0.05, 0) is 19.3 Å². The first-order valence-corrected chi connectivity index (χ1v) is 11.4. The molecule has 6 nitrogen and oxygen atoms in total. The topological polar surface area (TPSA) is 43.4 Å². The molecule has 2 aromatic carbocycles. The maximum absolute atomic E-state index is 6.99. The second-order valence-electron chi connectivity index (χ2n) is 8.77. The zero-order chi connectivity index (χ0) is 20.0. The number of fused-ring (bicyclic) bond motifs is 4. The Morgan fingerprint density at radius 3 is 2.40 bits per heavy atom. The molecule has 4 aliphatic rings. The molecule has 0 unspecified atom stereocenters. The zero-order valence-corrected chi connectivity index (χ0v) is 17.5. The molecule has 30 heavy (non-hydrogen) atoms. The van der Waals surface area contributed by atoms with E-state index in [9.17, 15) is 0 Å². The summed E-state index contributed by atoms with van der Waals surface area (Å²) in [5, 5.41) is 2.38. The fourth-order valence-electron chi connectivity index (χ4n) is 5.63. The van der Waals surface area contributed by atoms with E-state index < -0.39 is 0 Å². The molecule has 2 saturated heterocycles. The average molecular weight is 411 g/mol. The molecule has 2 aromatic rings. The Labute approximate surface area is 177 Å². The molecule has 1 saturated carbocycles. The second kappa shape index (κ2) is 7.59. The monoisotopic (exact) mass is 410 g/mol. The van der Waals surface area contributed by atoms with Gasteiger partial charge < -0.3 is 23.8 Å². The van der Waals surface area contributed by atoms with Crippen LogP contribution >= 0.6 is 0 Å². The minimum absolute atomic E-state index is 0.0643. The molecular weight excluding hydrogens is 380 g/mol. The summed E-state index contributed by atoms with van der Waals surface area (Å²) in [5.41, 5.74) is 0.849. The molecule has 0 radical (unpaired) electrons. The van der Waals surface area contributed by atoms with Gasteiger partial charge in [0.15, 0.2) is 17.6 Å². The highest BCUT2D eigenvalue weighted by molar-refractivity contribution is 6.00. The van der Waals surface area contributed by atoms with Crippen LogP contribution in [0, 0.1) is 0 Å². The Kier molecular flexibility index (Phi) is 4.74. The summed E-state index contributed by atoms with van der Waals surface area (Å²) in [6, 6.07) is 10.8. The molecule has 3 fully saturated rings. The number of rotatable bonds is 2. The highest BCUT2D eigenvalue weighted by Gasteiger charge is 2.53. The van der Waals surface area contributed by atoms with E-state index in [2.05, 4.69) is 40.1 Å². The molecule has 2 atom stereocenters. The summed E-state index contributed by atoms with van der Waals surface area (Å²) in [4.78, 5) is 4.90. The van der Waals surface area contributed by atoms with Gasteiger partial charge in [-0.25, -0.2) is 0 Å². The number of morpholine rings is 2. The van der Waals surface area contributed by atoms with Gasteiger partial charge in [0.2, 0.25) is 5.72 Å². The van der Waals surface area contributed by atoms with Gasteiger partial charge in [0.25, 0.3) is 0 Å². The van der Waals surface area contributed by atoms with Gasteiger partial charge in [-0.1, -0.05) is 24.3 Å². The third-order valence-electron chi connectivity index (χ3n) is 7.14. The Morgan fingerprint density at radius 1 is 0.867 bits per heavy atom. The molecule has 0 amide bonds. The van der Waals surface area contributed by atoms with Gasteiger partial charge in [0.1, 0.15) is 0 Å². The molecule has 6 rings (SSSR count). The zero-order valence-electron chi connectivity index (χ0n) is 17.5. The molecule has 0 spiro atoms. The molecule has 0 bridgehead atoms. The fourth-order valence-corrected chi connectivity index (χ4v) is 5.63. The molecule has 1 aliphatic carbocycles. The Morgan fingerprint density at radius 2 is 1.60 bits per heavy atom. The van der Waals surface area contributed by atoms with Crippen molar-refractivity contribution in [3.8, 4) is 11.5 Å². The van der Waals surface area contributed by atoms with E-state index in [4.69, 9.17) is 18.9 Å². The van der Waals surface area contributed by atoms with Crippen molar-refractivity contribution in [3.05, 3.63) is 30.3 Å². The largest absolute Gasteiger partial charge is 0.480 e. The van der Waals surface area contributed by atoms with Crippen molar-refractivity contribution in [1.29, 1.82) is 0 Å². The van der Waals surface area contributed by atoms with Gasteiger partial charge >= 0.3 is 0 Å². The summed E-state index contributed by atoms with van der Waals surface area (Å²) < 4.78 is 25.0. The summed E-state index contributed by atoms with van der Waals surface area (Å²) >= 11 is 0. The minimum atomic E-state index is -0.375. The fraction of sp³-hybridized carbons (Fsp3) is 0.583. The molecule has 0 aromatic heterocycles. The smallest absolute Gasteiger partial charge is 0.200 e. The van der Waals surface area contributed by atoms with Crippen LogP contribution in [0.1, 0.15) is 25.7 Å². The summed E-state index contributed by atoms with van der Waals surface area (Å²) in [6.07, 6.45) is 4.48. The third-order valence-corrected chi connectivity index (χ3v) is 7.14. The first kappa shape index (κ1) is 18.7. The molecule has 6 heteroatoms. The van der Waals surface area contributed by atoms with E-state index in [0.717, 1.165) is 82.3 Å². The van der Waals surface area contributed by atoms with Crippen molar-refractivity contribution in [3.63, 3.8) is 0 Å². The molecule has 160 valence electrons. The summed E-state index contributed by atoms with van der Waals surface area (Å²) in [7, 11) is 0. The lowest BCUT2D eigenvalue weighted by Crippen LogP contribution is -2.67. The number of benzene rings is 2. The van der Waals surface area contributed by atoms with E-state index in [-0.39, 0.29) is 11.8 Å². The number of nitrogens with zero attached hydrogens (tertiary/aromatic N) is 2. The Hall–Kier alpha value is -2.02. The number of hydrogen-bond donors (Lipinski definition) is 0. The first-order valence-electron chi connectivity index (χ1n) is 11.4. The van der Waals surface area contributed by atoms with E-state index in [0.29, 0.717) is 0 Å². The standard InChI is InChI=1S/C24H30N2O4/c1-2-6-19-18(5-1)20(25-9-13-27-14-10-25)17-21-23(19)29-22-7-3-4-8-24(22,30-21)26-11-15-28-16-12-26/h1-2,5-6,17,22H,3-4,7-16H2/t22-,24-/m1/s1. The van der Waals surface area contributed by atoms with E-state index in [1.165, 1.54) is 23.9 Å². The highest BCUT2D eigenvalue weighted by Crippen LogP contribution is 2.51. The van der Waals surface area contributed by atoms with Crippen LogP contribution in [-0.2, 0) is 9.47 Å². The molecule has 3 aliphatic heterocycles. The minimum Gasteiger partial charge on any atom is -0.480 e. The van der Waals surface area contributed by atoms with Crippen LogP contribution in [0.25, 0.3) is 10.8 Å². The maximum Gasteiger partial charge on any atom is 0.200 e. The third kappa shape index (κ3) is 2.96. The molecular formula is C24H30N2O4. The van der Waals surface area contributed by atoms with Crippen LogP contribution in [0.5, 0.6) is 11.5 Å². The van der Waals surface area contributed by atoms with Crippen molar-refractivity contribution in [2.45, 2.75) is 37.5 Å². The van der Waals surface area contributed by atoms with Gasteiger partial charge in [0, 0.05) is 55.1 Å². The Bertz CT molecular complexity index is 923. The van der Waals surface area contributed by atoms with Gasteiger partial charge in [-0.2, -0.15) is 0 Å². The number of anilines is 1. The lowest BCUT2D eigenvalue weighted by atomic mass is 9.85. The van der Waals surface area contributed by atoms with Crippen molar-refractivity contribution in [2.75, 3.05) is 57.5 Å². The first-order chi connectivity index (χ1) is 14.9. The van der Waals surface area contributed by atoms with Crippen LogP contribution in [0.4, 0.5) is 5.69 Å². The van der Waals surface area contributed by atoms with Crippen molar-refractivity contribution < 1.29 is 18.9 Å². The number of hydrogen-bond acceptors (Lipinski definition) is 6. The van der Waals surface area contributed by atoms with E-state index >= 15 is 0 Å². The molecule has 3 heterocycles. The lowest BCUT2D eigenvalue weighted by molar-refractivity contribution is -0.202. The Balaban J connectivity index is 1.47. The summed E-state index contributed by atoms with van der Waals surface area (Å²) in [6.45, 7) is 6.67. The summed E-state index contributed by atoms with van der Waals surface area (Å²) in [5.74, 6) is 1.80. The van der Waals surface area contributed by atoms with Crippen LogP contribution in [0.2, 0.25) is 0 Å². The SMILES string of the molecule is c1ccc2c3c(cc(N4CCOCC4)c2c1)O[C@]1(N2CCOCC2)CCCC[C@H]1O3. The van der Waals surface area contributed by atoms with E-state index in [1.807, 2.05) is 0 Å². The normalized spacial score (nSPS) is 29.6. The van der Waals surface area contributed by atoms with Crippen LogP contribution in [0.15, 0.2) is 30.3 Å². The predicted molar refractivity (Wildman–Crippen MR) is 116 cm³/mol. The van der Waals surface area contributed by atoms with Gasteiger partial charge in [-0.15, -0.1) is 0 Å². The quantitative estimate of drug-likeness (QED) is 0.756. The van der Waals surface area contributed by atoms with E-state index in [1.54, 1.807) is 0 Å². The highest BCUT2D eigenvalue weighted by atomic mass is 16.6. The van der Waals surface area contributed by atoms with Gasteiger partial charge in [0.05, 0.1) is 26.4 Å². The lowest BCUT2D eigenvalue weighted by Gasteiger charge is -2.53. The van der Waals surface area contributed by atoms with Crippen LogP contribution in [0.3, 0.4) is 0 Å². The van der Waals surface area contributed by atoms with Crippen LogP contribution < -0.4 is 14.4 Å². The molecule has 0 N–H and O–H groups in total. The van der Waals surface area contributed by atoms with Crippen molar-refractivity contribution in [2.24, 2.45) is 0 Å².